The number of benzene rings is 1. The van der Waals surface area contributed by atoms with E-state index in [2.05, 4.69) is 27.2 Å². The number of nitrogens with two attached hydrogens (primary N) is 1. The van der Waals surface area contributed by atoms with Crippen molar-refractivity contribution in [2.75, 3.05) is 25.5 Å². The maximum Gasteiger partial charge on any atom is 0.320 e. The third-order valence-corrected chi connectivity index (χ3v) is 5.52. The van der Waals surface area contributed by atoms with Crippen LogP contribution in [0.3, 0.4) is 0 Å². The molecule has 0 saturated heterocycles. The van der Waals surface area contributed by atoms with Crippen LogP contribution < -0.4 is 15.8 Å². The van der Waals surface area contributed by atoms with Crippen LogP contribution in [0.5, 0.6) is 12.0 Å². The van der Waals surface area contributed by atoms with Crippen LogP contribution in [0.2, 0.25) is 0 Å². The number of esters is 1. The van der Waals surface area contributed by atoms with Crippen molar-refractivity contribution >= 4 is 28.9 Å². The molecule has 0 unspecified atom stereocenters. The van der Waals surface area contributed by atoms with Crippen LogP contribution in [0.4, 0.5) is 5.82 Å². The van der Waals surface area contributed by atoms with Gasteiger partial charge in [-0.05, 0) is 43.9 Å². The minimum atomic E-state index is -0.235. The van der Waals surface area contributed by atoms with Gasteiger partial charge in [0.2, 0.25) is 0 Å². The normalized spacial score (nSPS) is 10.9. The Hall–Kier alpha value is -3.89. The molecule has 3 aromatic rings. The van der Waals surface area contributed by atoms with E-state index in [4.69, 9.17) is 15.2 Å². The number of rotatable bonds is 14. The Kier molecular flexibility index (Phi) is 9.84. The number of hydrogen-bond donors (Lipinski definition) is 3. The number of unbranched alkanes of at least 4 members (excludes halogenated alkanes) is 3. The molecular formula is C25H34N6O5. The Bertz CT molecular complexity index is 1160. The van der Waals surface area contributed by atoms with Crippen LogP contribution in [0, 0.1) is 0 Å². The monoisotopic (exact) mass is 498 g/mol. The van der Waals surface area contributed by atoms with E-state index in [1.807, 2.05) is 12.1 Å². The Morgan fingerprint density at radius 3 is 2.56 bits per heavy atom. The second kappa shape index (κ2) is 13.3. The molecule has 0 bridgehead atoms. The number of carbonyl (C=O) groups excluding carboxylic acids is 2. The van der Waals surface area contributed by atoms with Crippen molar-refractivity contribution in [2.45, 2.75) is 58.9 Å². The van der Waals surface area contributed by atoms with Crippen molar-refractivity contribution in [3.8, 4) is 12.0 Å². The molecule has 194 valence electrons. The van der Waals surface area contributed by atoms with Gasteiger partial charge in [-0.25, -0.2) is 0 Å². The van der Waals surface area contributed by atoms with E-state index in [1.54, 1.807) is 19.1 Å². The zero-order chi connectivity index (χ0) is 25.9. The van der Waals surface area contributed by atoms with E-state index in [9.17, 15) is 14.7 Å². The van der Waals surface area contributed by atoms with Crippen molar-refractivity contribution in [3.05, 3.63) is 35.4 Å². The molecule has 0 fully saturated rings. The quantitative estimate of drug-likeness (QED) is 0.224. The first-order valence-electron chi connectivity index (χ1n) is 12.3. The number of ether oxygens (including phenoxy) is 2. The molecule has 1 aromatic carbocycles. The number of aromatic hydroxyl groups is 1. The summed E-state index contributed by atoms with van der Waals surface area (Å²) in [4.78, 5) is 36.3. The lowest BCUT2D eigenvalue weighted by molar-refractivity contribution is -0.143. The third kappa shape index (κ3) is 7.30. The van der Waals surface area contributed by atoms with Crippen molar-refractivity contribution < 1.29 is 24.2 Å². The van der Waals surface area contributed by atoms with Gasteiger partial charge in [0.05, 0.1) is 19.8 Å². The Balaban J connectivity index is 1.56. The maximum atomic E-state index is 12.4. The summed E-state index contributed by atoms with van der Waals surface area (Å²) in [7, 11) is 0. The molecular weight excluding hydrogens is 464 g/mol. The Morgan fingerprint density at radius 2 is 1.83 bits per heavy atom. The zero-order valence-corrected chi connectivity index (χ0v) is 20.8. The van der Waals surface area contributed by atoms with Gasteiger partial charge in [-0.3, -0.25) is 14.2 Å². The number of aromatic nitrogens is 4. The van der Waals surface area contributed by atoms with Gasteiger partial charge in [-0.2, -0.15) is 15.0 Å². The number of nitrogen functional groups attached to an aromatic ring is 1. The van der Waals surface area contributed by atoms with E-state index < -0.39 is 0 Å². The smallest absolute Gasteiger partial charge is 0.320 e. The predicted molar refractivity (Wildman–Crippen MR) is 135 cm³/mol. The number of amides is 1. The average molecular weight is 499 g/mol. The number of nitrogens with zero attached hydrogens (tertiary/aromatic N) is 4. The molecule has 0 atom stereocenters. The van der Waals surface area contributed by atoms with Gasteiger partial charge in [0.15, 0.2) is 17.0 Å². The molecule has 0 radical (unpaired) electrons. The molecule has 1 amide bonds. The van der Waals surface area contributed by atoms with E-state index in [1.165, 1.54) is 4.57 Å². The van der Waals surface area contributed by atoms with Crippen LogP contribution >= 0.6 is 0 Å². The number of hydrogen-bond acceptors (Lipinski definition) is 9. The van der Waals surface area contributed by atoms with E-state index in [0.29, 0.717) is 42.9 Å². The Morgan fingerprint density at radius 1 is 1.06 bits per heavy atom. The zero-order valence-electron chi connectivity index (χ0n) is 20.8. The van der Waals surface area contributed by atoms with Crippen molar-refractivity contribution in [1.82, 2.24) is 24.8 Å². The van der Waals surface area contributed by atoms with Crippen LogP contribution in [0.15, 0.2) is 24.3 Å². The van der Waals surface area contributed by atoms with Gasteiger partial charge in [-0.1, -0.05) is 31.9 Å². The van der Waals surface area contributed by atoms with Gasteiger partial charge in [0, 0.05) is 18.5 Å². The number of fused-ring (bicyclic) bond motifs is 1. The molecule has 11 nitrogen and oxygen atoms in total. The summed E-state index contributed by atoms with van der Waals surface area (Å²) in [6.07, 6.45) is 4.59. The fraction of sp³-hybridized carbons (Fsp3) is 0.480. The largest absolute Gasteiger partial charge is 0.480 e. The third-order valence-electron chi connectivity index (χ3n) is 5.52. The molecule has 0 saturated carbocycles. The number of nitrogens with one attached hydrogen (secondary N) is 1. The highest BCUT2D eigenvalue weighted by Gasteiger charge is 2.17. The highest BCUT2D eigenvalue weighted by Crippen LogP contribution is 2.26. The lowest BCUT2D eigenvalue weighted by Crippen LogP contribution is -2.24. The summed E-state index contributed by atoms with van der Waals surface area (Å²) in [6.45, 7) is 5.51. The fourth-order valence-electron chi connectivity index (χ4n) is 3.56. The molecule has 3 rings (SSSR count). The van der Waals surface area contributed by atoms with Gasteiger partial charge < -0.3 is 25.6 Å². The number of anilines is 1. The molecule has 4 N–H and O–H groups in total. The molecule has 2 heterocycles. The minimum absolute atomic E-state index is 0.133. The summed E-state index contributed by atoms with van der Waals surface area (Å²) in [5.74, 6) is -0.221. The van der Waals surface area contributed by atoms with Crippen molar-refractivity contribution in [2.24, 2.45) is 0 Å². The number of imidazole rings is 1. The van der Waals surface area contributed by atoms with Gasteiger partial charge >= 0.3 is 12.0 Å². The lowest BCUT2D eigenvalue weighted by Gasteiger charge is -2.09. The van der Waals surface area contributed by atoms with E-state index in [0.717, 1.165) is 37.7 Å². The van der Waals surface area contributed by atoms with Crippen LogP contribution in [-0.2, 0) is 16.1 Å². The topological polar surface area (TPSA) is 154 Å². The second-order valence-electron chi connectivity index (χ2n) is 8.33. The molecule has 36 heavy (non-hydrogen) atoms. The molecule has 0 aliphatic carbocycles. The Labute approximate surface area is 210 Å². The highest BCUT2D eigenvalue weighted by molar-refractivity contribution is 5.94. The lowest BCUT2D eigenvalue weighted by atomic mass is 10.1. The molecule has 0 spiro atoms. The summed E-state index contributed by atoms with van der Waals surface area (Å²) in [5.41, 5.74) is 8.04. The highest BCUT2D eigenvalue weighted by atomic mass is 16.5. The van der Waals surface area contributed by atoms with E-state index >= 15 is 0 Å². The summed E-state index contributed by atoms with van der Waals surface area (Å²) in [5, 5.41) is 13.3. The molecule has 11 heteroatoms. The summed E-state index contributed by atoms with van der Waals surface area (Å²) in [6, 6.07) is 6.98. The molecule has 0 aliphatic rings. The minimum Gasteiger partial charge on any atom is -0.480 e. The fourth-order valence-corrected chi connectivity index (χ4v) is 3.56. The van der Waals surface area contributed by atoms with Crippen LogP contribution in [-0.4, -0.2) is 56.3 Å². The summed E-state index contributed by atoms with van der Waals surface area (Å²) >= 11 is 0. The van der Waals surface area contributed by atoms with E-state index in [-0.39, 0.29) is 36.3 Å². The standard InChI is InChI=1S/C25H34N6O5/c1-3-5-15-36-24-29-21(26)20-22(30-24)31(25(34)28-20)16-17-10-12-18(13-11-17)23(33)27-14-8-6-7-9-19(32)35-4-2/h10-13H,3-9,14-16H2,1-2H3,(H,27,33)(H,28,34)(H2,26,29,30). The average Bonchev–Trinajstić information content (AvgIpc) is 3.17. The van der Waals surface area contributed by atoms with Gasteiger partial charge in [-0.15, -0.1) is 0 Å². The number of carbonyl (C=O) groups is 2. The SMILES string of the molecule is CCCCOc1nc(N)c2nc(O)n(Cc3ccc(C(=O)NCCCCCC(=O)OCC)cc3)c2n1. The first-order chi connectivity index (χ1) is 17.4. The summed E-state index contributed by atoms with van der Waals surface area (Å²) < 4.78 is 12.0. The van der Waals surface area contributed by atoms with Crippen molar-refractivity contribution in [1.29, 1.82) is 0 Å². The first-order valence-corrected chi connectivity index (χ1v) is 12.3. The maximum absolute atomic E-state index is 12.4. The first kappa shape index (κ1) is 26.7. The predicted octanol–water partition coefficient (Wildman–Crippen LogP) is 3.19. The molecule has 2 aromatic heterocycles. The van der Waals surface area contributed by atoms with Gasteiger partial charge in [0.1, 0.15) is 0 Å². The second-order valence-corrected chi connectivity index (χ2v) is 8.33. The van der Waals surface area contributed by atoms with Crippen LogP contribution in [0.1, 0.15) is 68.3 Å². The van der Waals surface area contributed by atoms with Gasteiger partial charge in [0.25, 0.3) is 11.9 Å². The van der Waals surface area contributed by atoms with Crippen molar-refractivity contribution in [3.63, 3.8) is 0 Å². The molecule has 0 aliphatic heterocycles. The van der Waals surface area contributed by atoms with Crippen LogP contribution in [0.25, 0.3) is 11.2 Å².